The van der Waals surface area contributed by atoms with Gasteiger partial charge in [0, 0.05) is 22.4 Å². The maximum atomic E-state index is 5.69. The Kier molecular flexibility index (Phi) is 5.68. The van der Waals surface area contributed by atoms with E-state index in [1.165, 1.54) is 11.1 Å². The highest BCUT2D eigenvalue weighted by Gasteiger charge is 2.26. The molecule has 2 aromatic rings. The largest absolute Gasteiger partial charge is 0.368 e. The topological polar surface area (TPSA) is 76.7 Å². The molecule has 0 aliphatic heterocycles. The van der Waals surface area contributed by atoms with Gasteiger partial charge in [-0.05, 0) is 36.8 Å². The van der Waals surface area contributed by atoms with Gasteiger partial charge in [-0.15, -0.1) is 0 Å². The molecule has 1 aromatic heterocycles. The minimum Gasteiger partial charge on any atom is -0.368 e. The number of nitrogens with one attached hydrogen (secondary N) is 1. The van der Waals surface area contributed by atoms with Crippen LogP contribution in [0.5, 0.6) is 0 Å². The van der Waals surface area contributed by atoms with Gasteiger partial charge in [0.2, 0.25) is 11.9 Å². The number of hydrogen-bond donors (Lipinski definition) is 2. The molecule has 0 fully saturated rings. The van der Waals surface area contributed by atoms with Crippen molar-refractivity contribution in [3.63, 3.8) is 0 Å². The third kappa shape index (κ3) is 3.72. The maximum absolute atomic E-state index is 5.69. The molecule has 3 N–H and O–H groups in total. The van der Waals surface area contributed by atoms with E-state index in [9.17, 15) is 0 Å². The van der Waals surface area contributed by atoms with Crippen LogP contribution in [0.1, 0.15) is 36.3 Å². The molecule has 0 saturated carbocycles. The number of fused-ring (bicyclic) bond motifs is 1. The first kappa shape index (κ1) is 16.6. The molecule has 0 bridgehead atoms. The monoisotopic (exact) mass is 333 g/mol. The zero-order valence-corrected chi connectivity index (χ0v) is 14.2. The minimum atomic E-state index is 0.223. The summed E-state index contributed by atoms with van der Waals surface area (Å²) < 4.78 is 0. The number of hydrogen-bond acceptors (Lipinski definition) is 7. The van der Waals surface area contributed by atoms with Crippen LogP contribution < -0.4 is 11.1 Å². The van der Waals surface area contributed by atoms with Crippen molar-refractivity contribution in [3.8, 4) is 0 Å². The SMILES string of the molecule is Cc1nc(N)nc(N[C@H]2c3ccccc3CC[C@@H]2C)n1.S=S. The average molecular weight is 333 g/mol. The summed E-state index contributed by atoms with van der Waals surface area (Å²) in [6.45, 7) is 4.08. The zero-order chi connectivity index (χ0) is 16.1. The van der Waals surface area contributed by atoms with Crippen LogP contribution in [0.25, 0.3) is 0 Å². The number of anilines is 2. The van der Waals surface area contributed by atoms with Crippen LogP contribution in [-0.2, 0) is 28.8 Å². The van der Waals surface area contributed by atoms with Gasteiger partial charge >= 0.3 is 0 Å². The molecule has 0 spiro atoms. The normalized spacial score (nSPS) is 19.5. The Morgan fingerprint density at radius 3 is 2.64 bits per heavy atom. The van der Waals surface area contributed by atoms with Gasteiger partial charge in [-0.3, -0.25) is 0 Å². The van der Waals surface area contributed by atoms with Crippen LogP contribution in [-0.4, -0.2) is 15.0 Å². The van der Waals surface area contributed by atoms with Crippen LogP contribution >= 0.6 is 0 Å². The second kappa shape index (κ2) is 7.51. The van der Waals surface area contributed by atoms with Gasteiger partial charge in [0.1, 0.15) is 5.82 Å². The maximum Gasteiger partial charge on any atom is 0.228 e. The van der Waals surface area contributed by atoms with Crippen molar-refractivity contribution < 1.29 is 0 Å². The molecule has 2 atom stereocenters. The molecule has 0 amide bonds. The molecule has 1 heterocycles. The first-order valence-corrected chi connectivity index (χ1v) is 8.46. The first-order valence-electron chi connectivity index (χ1n) is 7.12. The fourth-order valence-electron chi connectivity index (χ4n) is 2.85. The number of nitrogen functional groups attached to an aromatic ring is 1. The summed E-state index contributed by atoms with van der Waals surface area (Å²) in [4.78, 5) is 12.5. The van der Waals surface area contributed by atoms with Crippen molar-refractivity contribution in [2.24, 2.45) is 5.92 Å². The standard InChI is InChI=1S/C15H19N5.S2/c1-9-7-8-11-5-3-4-6-12(11)13(9)19-15-18-10(2)17-14(16)20-15;1-2/h3-6,9,13H,7-8H2,1-2H3,(H3,16,17,18,19,20);/t9-,13+;/m0./s1. The molecule has 0 radical (unpaired) electrons. The Bertz CT molecular complexity index is 629. The van der Waals surface area contributed by atoms with Gasteiger partial charge in [0.15, 0.2) is 0 Å². The van der Waals surface area contributed by atoms with E-state index in [1.807, 2.05) is 6.92 Å². The molecule has 3 rings (SSSR count). The summed E-state index contributed by atoms with van der Waals surface area (Å²) >= 11 is 7.33. The highest BCUT2D eigenvalue weighted by Crippen LogP contribution is 2.35. The lowest BCUT2D eigenvalue weighted by Crippen LogP contribution is -2.26. The fourth-order valence-corrected chi connectivity index (χ4v) is 2.85. The predicted molar refractivity (Wildman–Crippen MR) is 94.0 cm³/mol. The van der Waals surface area contributed by atoms with Crippen LogP contribution in [0, 0.1) is 12.8 Å². The van der Waals surface area contributed by atoms with E-state index < -0.39 is 0 Å². The third-order valence-corrected chi connectivity index (χ3v) is 3.88. The molecule has 0 unspecified atom stereocenters. The van der Waals surface area contributed by atoms with E-state index in [0.717, 1.165) is 12.8 Å². The number of benzene rings is 1. The summed E-state index contributed by atoms with van der Waals surface area (Å²) in [6, 6.07) is 8.78. The molecule has 116 valence electrons. The Labute approximate surface area is 140 Å². The highest BCUT2D eigenvalue weighted by atomic mass is 32.8. The Hall–Kier alpha value is -1.73. The second-order valence-corrected chi connectivity index (χ2v) is 5.40. The summed E-state index contributed by atoms with van der Waals surface area (Å²) in [5, 5.41) is 3.43. The van der Waals surface area contributed by atoms with Crippen LogP contribution in [0.15, 0.2) is 24.3 Å². The summed E-state index contributed by atoms with van der Waals surface area (Å²) in [7, 11) is 0. The van der Waals surface area contributed by atoms with E-state index in [4.69, 9.17) is 5.73 Å². The number of rotatable bonds is 2. The van der Waals surface area contributed by atoms with Gasteiger partial charge in [-0.2, -0.15) is 15.0 Å². The van der Waals surface area contributed by atoms with Crippen molar-refractivity contribution in [2.45, 2.75) is 32.7 Å². The van der Waals surface area contributed by atoms with Crippen LogP contribution in [0.2, 0.25) is 0 Å². The van der Waals surface area contributed by atoms with Crippen LogP contribution in [0.3, 0.4) is 0 Å². The van der Waals surface area contributed by atoms with E-state index >= 15 is 0 Å². The molecule has 1 aliphatic carbocycles. The summed E-state index contributed by atoms with van der Waals surface area (Å²) in [5.74, 6) is 1.99. The highest BCUT2D eigenvalue weighted by molar-refractivity contribution is 8.07. The molecular formula is C15H19N5S2. The molecule has 1 aromatic carbocycles. The second-order valence-electron chi connectivity index (χ2n) is 5.40. The Morgan fingerprint density at radius 1 is 1.18 bits per heavy atom. The predicted octanol–water partition coefficient (Wildman–Crippen LogP) is 2.49. The number of nitrogens with zero attached hydrogens (tertiary/aromatic N) is 3. The third-order valence-electron chi connectivity index (χ3n) is 3.88. The van der Waals surface area contributed by atoms with Crippen molar-refractivity contribution in [2.75, 3.05) is 11.1 Å². The lowest BCUT2D eigenvalue weighted by atomic mass is 9.81. The van der Waals surface area contributed by atoms with E-state index in [2.05, 4.69) is 73.8 Å². The van der Waals surface area contributed by atoms with E-state index in [1.54, 1.807) is 0 Å². The van der Waals surface area contributed by atoms with Gasteiger partial charge < -0.3 is 11.1 Å². The Morgan fingerprint density at radius 2 is 1.91 bits per heavy atom. The van der Waals surface area contributed by atoms with E-state index in [-0.39, 0.29) is 12.0 Å². The van der Waals surface area contributed by atoms with Crippen molar-refractivity contribution in [3.05, 3.63) is 41.2 Å². The van der Waals surface area contributed by atoms with E-state index in [0.29, 0.717) is 17.7 Å². The van der Waals surface area contributed by atoms with Crippen molar-refractivity contribution in [1.82, 2.24) is 15.0 Å². The number of aryl methyl sites for hydroxylation is 2. The lowest BCUT2D eigenvalue weighted by Gasteiger charge is -2.32. The number of aromatic nitrogens is 3. The first-order chi connectivity index (χ1) is 10.6. The summed E-state index contributed by atoms with van der Waals surface area (Å²) in [6.07, 6.45) is 2.29. The molecule has 22 heavy (non-hydrogen) atoms. The quantitative estimate of drug-likeness (QED) is 0.874. The lowest BCUT2D eigenvalue weighted by molar-refractivity contribution is 0.432. The molecule has 1 aliphatic rings. The van der Waals surface area contributed by atoms with Gasteiger partial charge in [-0.1, -0.05) is 31.2 Å². The van der Waals surface area contributed by atoms with Gasteiger partial charge in [0.05, 0.1) is 6.04 Å². The minimum absolute atomic E-state index is 0.223. The molecule has 0 saturated heterocycles. The van der Waals surface area contributed by atoms with Crippen molar-refractivity contribution >= 4 is 34.3 Å². The Balaban J connectivity index is 0.000000847. The van der Waals surface area contributed by atoms with Gasteiger partial charge in [-0.25, -0.2) is 0 Å². The molecule has 5 nitrogen and oxygen atoms in total. The average Bonchev–Trinajstić information content (AvgIpc) is 2.51. The summed E-state index contributed by atoms with van der Waals surface area (Å²) in [5.41, 5.74) is 8.43. The van der Waals surface area contributed by atoms with Crippen LogP contribution in [0.4, 0.5) is 11.9 Å². The van der Waals surface area contributed by atoms with Crippen molar-refractivity contribution in [1.29, 1.82) is 0 Å². The van der Waals surface area contributed by atoms with Gasteiger partial charge in [0.25, 0.3) is 0 Å². The molecular weight excluding hydrogens is 314 g/mol. The zero-order valence-electron chi connectivity index (χ0n) is 12.6. The molecule has 7 heteroatoms. The fraction of sp³-hybridized carbons (Fsp3) is 0.400. The number of nitrogens with two attached hydrogens (primary N) is 1. The smallest absolute Gasteiger partial charge is 0.228 e.